The van der Waals surface area contributed by atoms with Crippen molar-refractivity contribution in [1.29, 1.82) is 0 Å². The summed E-state index contributed by atoms with van der Waals surface area (Å²) in [5, 5.41) is 20.5. The van der Waals surface area contributed by atoms with Gasteiger partial charge in [-0.1, -0.05) is 12.1 Å². The number of hydrogen-bond donors (Lipinski definition) is 2. The van der Waals surface area contributed by atoms with Crippen molar-refractivity contribution in [3.8, 4) is 12.3 Å². The highest BCUT2D eigenvalue weighted by molar-refractivity contribution is 5.77. The number of hydrogen-bond acceptors (Lipinski definition) is 8. The minimum Gasteiger partial charge on any atom is -0.460 e. The van der Waals surface area contributed by atoms with E-state index < -0.39 is 0 Å². The Kier molecular flexibility index (Phi) is 20.1. The zero-order valence-electron chi connectivity index (χ0n) is 28.0. The van der Waals surface area contributed by atoms with Crippen molar-refractivity contribution in [1.82, 2.24) is 30.1 Å². The molecule has 1 aromatic rings. The molecule has 1 aromatic heterocycles. The summed E-state index contributed by atoms with van der Waals surface area (Å²) in [6.45, 7) is 5.42. The Morgan fingerprint density at radius 1 is 0.978 bits per heavy atom. The molecule has 0 aliphatic heterocycles. The molecule has 0 aliphatic rings. The molecule has 2 N–H and O–H groups in total. The van der Waals surface area contributed by atoms with Crippen molar-refractivity contribution in [3.63, 3.8) is 0 Å². The molecule has 0 aliphatic carbocycles. The van der Waals surface area contributed by atoms with Crippen molar-refractivity contribution in [2.75, 3.05) is 73.6 Å². The van der Waals surface area contributed by atoms with Gasteiger partial charge in [0.05, 0.1) is 39.8 Å². The summed E-state index contributed by atoms with van der Waals surface area (Å²) in [6, 6.07) is 0. The van der Waals surface area contributed by atoms with Crippen LogP contribution in [-0.4, -0.2) is 132 Å². The van der Waals surface area contributed by atoms with Crippen LogP contribution in [0.3, 0.4) is 0 Å². The van der Waals surface area contributed by atoms with Gasteiger partial charge >= 0.3 is 5.97 Å². The number of rotatable bonds is 25. The van der Waals surface area contributed by atoms with E-state index in [4.69, 9.17) is 11.2 Å². The molecule has 0 saturated heterocycles. The van der Waals surface area contributed by atoms with Gasteiger partial charge in [-0.15, -0.1) is 17.4 Å². The molecule has 13 nitrogen and oxygen atoms in total. The first kappa shape index (κ1) is 39.5. The molecular weight excluding hydrogens is 578 g/mol. The van der Waals surface area contributed by atoms with Crippen molar-refractivity contribution in [2.24, 2.45) is 0 Å². The van der Waals surface area contributed by atoms with Crippen LogP contribution in [0.25, 0.3) is 0 Å². The van der Waals surface area contributed by atoms with Crippen molar-refractivity contribution in [3.05, 3.63) is 11.9 Å². The maximum Gasteiger partial charge on any atom is 0.307 e. The third-order valence-electron chi connectivity index (χ3n) is 7.03. The number of carbonyl (C=O) groups excluding carboxylic acids is 4. The number of nitrogens with one attached hydrogen (secondary N) is 1. The van der Waals surface area contributed by atoms with Gasteiger partial charge in [0.25, 0.3) is 0 Å². The van der Waals surface area contributed by atoms with Crippen LogP contribution in [0.4, 0.5) is 0 Å². The highest BCUT2D eigenvalue weighted by atomic mass is 16.5. The molecule has 1 rings (SSSR count). The average Bonchev–Trinajstić information content (AvgIpc) is 3.44. The largest absolute Gasteiger partial charge is 0.460 e. The number of esters is 1. The molecule has 0 spiro atoms. The van der Waals surface area contributed by atoms with Gasteiger partial charge < -0.3 is 29.4 Å². The Balaban J connectivity index is 2.66. The average molecular weight is 635 g/mol. The number of carbonyl (C=O) groups is 4. The quantitative estimate of drug-likeness (QED) is 0.0710. The number of quaternary nitrogens is 1. The van der Waals surface area contributed by atoms with Gasteiger partial charge in [0.1, 0.15) is 13.2 Å². The van der Waals surface area contributed by atoms with E-state index in [-0.39, 0.29) is 36.7 Å². The van der Waals surface area contributed by atoms with Crippen LogP contribution in [0.5, 0.6) is 0 Å². The monoisotopic (exact) mass is 634 g/mol. The maximum absolute atomic E-state index is 13.3. The second-order valence-electron chi connectivity index (χ2n) is 12.2. The number of nitrogens with zero attached hydrogens (tertiary/aromatic N) is 6. The van der Waals surface area contributed by atoms with Gasteiger partial charge in [-0.3, -0.25) is 23.9 Å². The molecule has 0 aromatic carbocycles. The van der Waals surface area contributed by atoms with Crippen LogP contribution < -0.4 is 5.32 Å². The van der Waals surface area contributed by atoms with E-state index in [0.717, 1.165) is 18.7 Å². The van der Waals surface area contributed by atoms with Crippen LogP contribution in [0.2, 0.25) is 0 Å². The van der Waals surface area contributed by atoms with Crippen molar-refractivity contribution in [2.45, 2.75) is 84.1 Å². The van der Waals surface area contributed by atoms with E-state index in [2.05, 4.69) is 21.5 Å². The predicted octanol–water partition coefficient (Wildman–Crippen LogP) is 1.39. The summed E-state index contributed by atoms with van der Waals surface area (Å²) in [6.07, 6.45) is 12.4. The fourth-order valence-electron chi connectivity index (χ4n) is 4.39. The number of amides is 3. The van der Waals surface area contributed by atoms with Gasteiger partial charge in [0.2, 0.25) is 17.7 Å². The van der Waals surface area contributed by atoms with E-state index in [1.54, 1.807) is 20.7 Å². The molecule has 0 unspecified atom stereocenters. The second-order valence-corrected chi connectivity index (χ2v) is 12.2. The molecule has 0 atom stereocenters. The molecule has 45 heavy (non-hydrogen) atoms. The first-order valence-corrected chi connectivity index (χ1v) is 16.2. The third-order valence-corrected chi connectivity index (χ3v) is 7.03. The molecule has 0 bridgehead atoms. The minimum absolute atomic E-state index is 0.00656. The van der Waals surface area contributed by atoms with E-state index in [1.807, 2.05) is 28.1 Å². The lowest BCUT2D eigenvalue weighted by atomic mass is 10.1. The van der Waals surface area contributed by atoms with Crippen LogP contribution in [0.15, 0.2) is 6.20 Å². The first-order valence-electron chi connectivity index (χ1n) is 16.2. The Labute approximate surface area is 269 Å². The zero-order valence-corrected chi connectivity index (χ0v) is 28.0. The molecule has 13 heteroatoms. The topological polar surface area (TPSA) is 147 Å². The van der Waals surface area contributed by atoms with Gasteiger partial charge in [0.15, 0.2) is 0 Å². The maximum atomic E-state index is 13.3. The Morgan fingerprint density at radius 2 is 1.64 bits per heavy atom. The lowest BCUT2D eigenvalue weighted by molar-refractivity contribution is -0.870. The third kappa shape index (κ3) is 19.5. The number of aryl methyl sites for hydroxylation is 2. The number of aliphatic hydroxyl groups excluding tert-OH is 1. The number of terminal acetylenes is 1. The molecule has 3 amide bonds. The van der Waals surface area contributed by atoms with Crippen LogP contribution in [-0.2, 0) is 36.9 Å². The van der Waals surface area contributed by atoms with Gasteiger partial charge in [0, 0.05) is 71.2 Å². The van der Waals surface area contributed by atoms with Gasteiger partial charge in [-0.2, -0.15) is 0 Å². The lowest BCUT2D eigenvalue weighted by Gasteiger charge is -2.28. The Morgan fingerprint density at radius 3 is 2.27 bits per heavy atom. The number of aliphatic hydroxyl groups is 1. The van der Waals surface area contributed by atoms with Crippen molar-refractivity contribution < 1.29 is 33.5 Å². The highest BCUT2D eigenvalue weighted by Crippen LogP contribution is 2.08. The van der Waals surface area contributed by atoms with Gasteiger partial charge in [-0.25, -0.2) is 0 Å². The molecular formula is C32H56N7O6+. The fraction of sp³-hybridized carbons (Fsp3) is 0.750. The highest BCUT2D eigenvalue weighted by Gasteiger charge is 2.18. The normalized spacial score (nSPS) is 11.1. The molecule has 1 heterocycles. The van der Waals surface area contributed by atoms with Crippen molar-refractivity contribution >= 4 is 23.7 Å². The summed E-state index contributed by atoms with van der Waals surface area (Å²) >= 11 is 0. The van der Waals surface area contributed by atoms with E-state index in [1.165, 1.54) is 0 Å². The number of unbranched alkanes of at least 4 members (excludes halogenated alkanes) is 1. The molecule has 0 radical (unpaired) electrons. The number of likely N-dealkylation sites (N-methyl/N-ethyl adjacent to an activating group) is 1. The van der Waals surface area contributed by atoms with E-state index in [0.29, 0.717) is 108 Å². The summed E-state index contributed by atoms with van der Waals surface area (Å²) in [5.41, 5.74) is 0.735. The zero-order chi connectivity index (χ0) is 33.5. The van der Waals surface area contributed by atoms with Gasteiger partial charge in [-0.05, 0) is 38.5 Å². The molecule has 254 valence electrons. The lowest BCUT2D eigenvalue weighted by Crippen LogP contribution is -2.42. The number of aromatic nitrogens is 3. The fourth-order valence-corrected chi connectivity index (χ4v) is 4.39. The Hall–Kier alpha value is -3.50. The first-order chi connectivity index (χ1) is 21.5. The van der Waals surface area contributed by atoms with E-state index >= 15 is 0 Å². The summed E-state index contributed by atoms with van der Waals surface area (Å²) in [7, 11) is 6.11. The number of ether oxygens (including phenoxy) is 1. The second kappa shape index (κ2) is 22.9. The standard InChI is InChI=1S/C32H55N7O6/c1-6-8-9-15-30(42)37(20-12-25-40)23-22-36(19-11-18-33-29(41)13-7-2)31(43)16-10-14-28-27-38(35-34-28)21-17-32(44)45-26-24-39(3,4)5/h1,27,40H,7-26H2,2-5H3/p+1. The van der Waals surface area contributed by atoms with Crippen LogP contribution in [0.1, 0.15) is 76.8 Å². The summed E-state index contributed by atoms with van der Waals surface area (Å²) in [5.74, 6) is 2.18. The summed E-state index contributed by atoms with van der Waals surface area (Å²) in [4.78, 5) is 53.4. The predicted molar refractivity (Wildman–Crippen MR) is 172 cm³/mol. The summed E-state index contributed by atoms with van der Waals surface area (Å²) < 4.78 is 7.61. The smallest absolute Gasteiger partial charge is 0.307 e. The molecule has 0 fully saturated rings. The van der Waals surface area contributed by atoms with Crippen LogP contribution >= 0.6 is 0 Å². The molecule has 0 saturated carbocycles. The SMILES string of the molecule is C#CCCCC(=O)N(CCCO)CCN(CCCNC(=O)CCC)C(=O)CCCc1cn(CCC(=O)OCC[N+](C)(C)C)nn1. The Bertz CT molecular complexity index is 1060. The van der Waals surface area contributed by atoms with E-state index in [9.17, 15) is 24.3 Å². The van der Waals surface area contributed by atoms with Crippen LogP contribution in [0, 0.1) is 12.3 Å². The minimum atomic E-state index is -0.277.